The highest BCUT2D eigenvalue weighted by Gasteiger charge is 2.38. The molecule has 0 aliphatic heterocycles. The van der Waals surface area contributed by atoms with Crippen LogP contribution in [0.2, 0.25) is 0 Å². The predicted molar refractivity (Wildman–Crippen MR) is 139 cm³/mol. The fourth-order valence-corrected chi connectivity index (χ4v) is 5.53. The minimum atomic E-state index is -4.89. The summed E-state index contributed by atoms with van der Waals surface area (Å²) in [7, 11) is 0. The molecule has 1 aliphatic rings. The van der Waals surface area contributed by atoms with Crippen LogP contribution in [0.25, 0.3) is 22.3 Å². The van der Waals surface area contributed by atoms with Crippen LogP contribution < -0.4 is 16.4 Å². The second kappa shape index (κ2) is 11.1. The van der Waals surface area contributed by atoms with E-state index in [0.29, 0.717) is 31.9 Å². The largest absolute Gasteiger partial charge is 0.423 e. The van der Waals surface area contributed by atoms with E-state index in [1.54, 1.807) is 5.10 Å². The third kappa shape index (κ3) is 6.00. The first-order valence-electron chi connectivity index (χ1n) is 12.4. The average Bonchev–Trinajstić information content (AvgIpc) is 2.89. The van der Waals surface area contributed by atoms with E-state index in [1.807, 2.05) is 0 Å². The van der Waals surface area contributed by atoms with Crippen molar-refractivity contribution in [1.82, 2.24) is 29.7 Å². The van der Waals surface area contributed by atoms with E-state index in [1.165, 1.54) is 17.0 Å². The SMILES string of the molecule is O=c1[nH]ncc(N[C@H]2CCC[C@@H](Cn3cnc4cc(-c5ncc(C(F)(F)F)c(Br)n5)c(F)cc4c3=O)C2)c1C(F)(F)F. The molecule has 2 N–H and O–H groups in total. The third-order valence-corrected chi connectivity index (χ3v) is 7.54. The second-order valence-electron chi connectivity index (χ2n) is 9.81. The van der Waals surface area contributed by atoms with Gasteiger partial charge in [0.2, 0.25) is 0 Å². The summed E-state index contributed by atoms with van der Waals surface area (Å²) in [4.78, 5) is 36.5. The molecule has 17 heteroatoms. The van der Waals surface area contributed by atoms with Crippen LogP contribution in [-0.2, 0) is 18.9 Å². The number of hydrogen-bond donors (Lipinski definition) is 2. The lowest BCUT2D eigenvalue weighted by Gasteiger charge is -2.31. The van der Waals surface area contributed by atoms with Gasteiger partial charge in [-0.25, -0.2) is 24.4 Å². The van der Waals surface area contributed by atoms with Crippen molar-refractivity contribution in [2.24, 2.45) is 5.92 Å². The lowest BCUT2D eigenvalue weighted by molar-refractivity contribution is -0.139. The highest BCUT2D eigenvalue weighted by atomic mass is 79.9. The fourth-order valence-electron chi connectivity index (χ4n) is 5.04. The van der Waals surface area contributed by atoms with Gasteiger partial charge in [-0.1, -0.05) is 6.42 Å². The number of anilines is 1. The molecule has 0 bridgehead atoms. The van der Waals surface area contributed by atoms with Gasteiger partial charge in [0, 0.05) is 18.8 Å². The molecule has 4 aromatic rings. The molecule has 0 radical (unpaired) electrons. The normalized spacial score (nSPS) is 17.9. The summed E-state index contributed by atoms with van der Waals surface area (Å²) < 4.78 is 95.0. The molecule has 0 unspecified atom stereocenters. The highest BCUT2D eigenvalue weighted by molar-refractivity contribution is 9.10. The number of H-pyrrole nitrogens is 1. The van der Waals surface area contributed by atoms with Gasteiger partial charge < -0.3 is 5.32 Å². The van der Waals surface area contributed by atoms with Gasteiger partial charge in [-0.2, -0.15) is 31.4 Å². The van der Waals surface area contributed by atoms with Crippen molar-refractivity contribution in [2.75, 3.05) is 5.32 Å². The number of aromatic nitrogens is 6. The van der Waals surface area contributed by atoms with Gasteiger partial charge in [0.15, 0.2) is 5.82 Å². The van der Waals surface area contributed by atoms with E-state index in [0.717, 1.165) is 12.3 Å². The van der Waals surface area contributed by atoms with Gasteiger partial charge in [0.05, 0.1) is 34.7 Å². The second-order valence-corrected chi connectivity index (χ2v) is 10.6. The Labute approximate surface area is 239 Å². The maximum absolute atomic E-state index is 15.0. The number of hydrogen-bond acceptors (Lipinski definition) is 7. The molecule has 1 saturated carbocycles. The van der Waals surface area contributed by atoms with Crippen molar-refractivity contribution < 1.29 is 30.7 Å². The minimum Gasteiger partial charge on any atom is -0.380 e. The Hall–Kier alpha value is -3.89. The van der Waals surface area contributed by atoms with E-state index >= 15 is 4.39 Å². The molecule has 42 heavy (non-hydrogen) atoms. The first-order chi connectivity index (χ1) is 19.7. The molecule has 1 aromatic carbocycles. The van der Waals surface area contributed by atoms with Gasteiger partial charge in [0.25, 0.3) is 11.1 Å². The maximum Gasteiger partial charge on any atom is 0.423 e. The predicted octanol–water partition coefficient (Wildman–Crippen LogP) is 5.55. The smallest absolute Gasteiger partial charge is 0.380 e. The van der Waals surface area contributed by atoms with Gasteiger partial charge in [-0.15, -0.1) is 0 Å². The summed E-state index contributed by atoms with van der Waals surface area (Å²) >= 11 is 2.73. The average molecular weight is 662 g/mol. The van der Waals surface area contributed by atoms with Crippen molar-refractivity contribution in [3.63, 3.8) is 0 Å². The third-order valence-electron chi connectivity index (χ3n) is 6.94. The van der Waals surface area contributed by atoms with Crippen LogP contribution in [-0.4, -0.2) is 35.8 Å². The van der Waals surface area contributed by atoms with E-state index in [2.05, 4.69) is 41.3 Å². The van der Waals surface area contributed by atoms with Gasteiger partial charge in [-0.05, 0) is 53.2 Å². The standard InChI is InChI=1S/C25H19BrF7N7O2/c26-20-15(24(28,29)30)7-34-21(38-20)13-6-17-14(5-16(13)27)23(42)40(10-35-17)9-11-2-1-3-12(4-11)37-18-8-36-39-22(41)19(18)25(31,32)33/h5-8,10-12H,1-4,9H2,(H2,37,39,41)/t11-,12+/m1/s1. The quantitative estimate of drug-likeness (QED) is 0.213. The van der Waals surface area contributed by atoms with E-state index < -0.39 is 56.7 Å². The Kier molecular flexibility index (Phi) is 7.80. The molecule has 0 amide bonds. The number of nitrogens with one attached hydrogen (secondary N) is 2. The van der Waals surface area contributed by atoms with Gasteiger partial charge in [0.1, 0.15) is 21.5 Å². The summed E-state index contributed by atoms with van der Waals surface area (Å²) in [5, 5.41) is 7.93. The molecule has 222 valence electrons. The van der Waals surface area contributed by atoms with E-state index in [9.17, 15) is 35.9 Å². The van der Waals surface area contributed by atoms with Gasteiger partial charge >= 0.3 is 12.4 Å². The van der Waals surface area contributed by atoms with Crippen molar-refractivity contribution in [3.05, 3.63) is 73.1 Å². The Morgan fingerprint density at radius 3 is 2.50 bits per heavy atom. The van der Waals surface area contributed by atoms with E-state index in [-0.39, 0.29) is 34.8 Å². The summed E-state index contributed by atoms with van der Waals surface area (Å²) in [6.45, 7) is 0.151. The van der Waals surface area contributed by atoms with Crippen LogP contribution in [0.15, 0.2) is 45.0 Å². The van der Waals surface area contributed by atoms with Crippen molar-refractivity contribution >= 4 is 32.5 Å². The van der Waals surface area contributed by atoms with Crippen LogP contribution in [0.1, 0.15) is 36.8 Å². The molecule has 1 aliphatic carbocycles. The number of alkyl halides is 6. The number of nitrogens with zero attached hydrogens (tertiary/aromatic N) is 5. The maximum atomic E-state index is 15.0. The molecule has 3 aromatic heterocycles. The number of aromatic amines is 1. The van der Waals surface area contributed by atoms with Crippen molar-refractivity contribution in [1.29, 1.82) is 0 Å². The van der Waals surface area contributed by atoms with E-state index in [4.69, 9.17) is 0 Å². The first-order valence-corrected chi connectivity index (χ1v) is 13.2. The zero-order valence-corrected chi connectivity index (χ0v) is 22.7. The molecule has 3 heterocycles. The number of halogens is 8. The first kappa shape index (κ1) is 29.6. The molecule has 1 fully saturated rings. The number of fused-ring (bicyclic) bond motifs is 1. The zero-order valence-electron chi connectivity index (χ0n) is 21.2. The summed E-state index contributed by atoms with van der Waals surface area (Å²) in [6, 6.07) is 1.65. The van der Waals surface area contributed by atoms with Gasteiger partial charge in [-0.3, -0.25) is 14.2 Å². The highest BCUT2D eigenvalue weighted by Crippen LogP contribution is 2.36. The summed E-state index contributed by atoms with van der Waals surface area (Å²) in [5.74, 6) is -1.44. The lowest BCUT2D eigenvalue weighted by Crippen LogP contribution is -2.34. The fraction of sp³-hybridized carbons (Fsp3) is 0.360. The lowest BCUT2D eigenvalue weighted by atomic mass is 9.85. The van der Waals surface area contributed by atoms with Crippen molar-refractivity contribution in [3.8, 4) is 11.4 Å². The Morgan fingerprint density at radius 2 is 1.81 bits per heavy atom. The monoisotopic (exact) mass is 661 g/mol. The topological polar surface area (TPSA) is 118 Å². The van der Waals surface area contributed by atoms with Crippen LogP contribution in [0.4, 0.5) is 36.4 Å². The van der Waals surface area contributed by atoms with Crippen LogP contribution in [0.5, 0.6) is 0 Å². The molecule has 0 spiro atoms. The Bertz CT molecular complexity index is 1770. The molecule has 0 saturated heterocycles. The molecule has 2 atom stereocenters. The number of benzene rings is 1. The van der Waals surface area contributed by atoms with Crippen molar-refractivity contribution in [2.45, 2.75) is 50.6 Å². The number of rotatable bonds is 5. The van der Waals surface area contributed by atoms with Crippen LogP contribution >= 0.6 is 15.9 Å². The zero-order chi connectivity index (χ0) is 30.4. The summed E-state index contributed by atoms with van der Waals surface area (Å²) in [5.41, 5.74) is -5.06. The molecular weight excluding hydrogens is 643 g/mol. The molecule has 9 nitrogen and oxygen atoms in total. The Balaban J connectivity index is 1.37. The Morgan fingerprint density at radius 1 is 1.05 bits per heavy atom. The van der Waals surface area contributed by atoms with Crippen LogP contribution in [0, 0.1) is 11.7 Å². The molecule has 5 rings (SSSR count). The minimum absolute atomic E-state index is 0.0666. The molecular formula is C25H19BrF7N7O2. The summed E-state index contributed by atoms with van der Waals surface area (Å²) in [6.07, 6.45) is -4.73. The van der Waals surface area contributed by atoms with Crippen LogP contribution in [0.3, 0.4) is 0 Å².